The average molecular weight is 477 g/mol. The number of ether oxygens (including phenoxy) is 1. The number of hydrogen-bond acceptors (Lipinski definition) is 5. The summed E-state index contributed by atoms with van der Waals surface area (Å²) in [4.78, 5) is 12.8. The van der Waals surface area contributed by atoms with Crippen LogP contribution in [-0.2, 0) is 14.8 Å². The Morgan fingerprint density at radius 1 is 1.06 bits per heavy atom. The second-order valence-electron chi connectivity index (χ2n) is 7.83. The molecule has 0 bridgehead atoms. The van der Waals surface area contributed by atoms with Crippen LogP contribution < -0.4 is 14.4 Å². The number of benzene rings is 2. The summed E-state index contributed by atoms with van der Waals surface area (Å²) in [6, 6.07) is 15.0. The van der Waals surface area contributed by atoms with Gasteiger partial charge in [0.25, 0.3) is 10.0 Å². The van der Waals surface area contributed by atoms with Gasteiger partial charge in [0.05, 0.1) is 17.7 Å². The molecule has 2 aromatic rings. The minimum Gasteiger partial charge on any atom is -0.495 e. The van der Waals surface area contributed by atoms with Crippen molar-refractivity contribution in [2.45, 2.75) is 48.7 Å². The van der Waals surface area contributed by atoms with Crippen molar-refractivity contribution in [1.29, 1.82) is 0 Å². The Bertz CT molecular complexity index is 961. The summed E-state index contributed by atoms with van der Waals surface area (Å²) in [6.45, 7) is 0.219. The summed E-state index contributed by atoms with van der Waals surface area (Å²) in [5.41, 5.74) is 0.335. The third kappa shape index (κ3) is 6.65. The van der Waals surface area contributed by atoms with Gasteiger partial charge in [-0.15, -0.1) is 0 Å². The van der Waals surface area contributed by atoms with Crippen molar-refractivity contribution in [3.05, 3.63) is 54.6 Å². The number of carbonyl (C=O) groups excluding carboxylic acids is 1. The largest absolute Gasteiger partial charge is 0.495 e. The number of nitrogens with one attached hydrogen (secondary N) is 1. The summed E-state index contributed by atoms with van der Waals surface area (Å²) >= 11 is 1.99. The number of sulfonamides is 1. The fourth-order valence-electron chi connectivity index (χ4n) is 3.82. The first-order chi connectivity index (χ1) is 15.5. The van der Waals surface area contributed by atoms with Crippen LogP contribution in [0.3, 0.4) is 0 Å². The van der Waals surface area contributed by atoms with Gasteiger partial charge in [-0.3, -0.25) is 9.10 Å². The van der Waals surface area contributed by atoms with Gasteiger partial charge >= 0.3 is 0 Å². The van der Waals surface area contributed by atoms with E-state index in [0.717, 1.165) is 21.7 Å². The van der Waals surface area contributed by atoms with E-state index in [1.807, 2.05) is 11.8 Å². The lowest BCUT2D eigenvalue weighted by atomic mass is 10.0. The molecule has 32 heavy (non-hydrogen) atoms. The van der Waals surface area contributed by atoms with E-state index in [1.165, 1.54) is 51.3 Å². The van der Waals surface area contributed by atoms with Gasteiger partial charge in [0, 0.05) is 11.8 Å². The zero-order valence-corrected chi connectivity index (χ0v) is 20.2. The molecule has 6 nitrogen and oxygen atoms in total. The quantitative estimate of drug-likeness (QED) is 0.485. The van der Waals surface area contributed by atoms with Gasteiger partial charge in [0.2, 0.25) is 5.91 Å². The van der Waals surface area contributed by atoms with Crippen LogP contribution in [0, 0.1) is 0 Å². The molecule has 3 rings (SSSR count). The van der Waals surface area contributed by atoms with Crippen LogP contribution in [0.2, 0.25) is 0 Å². The number of carbonyl (C=O) groups is 1. The number of para-hydroxylation sites is 2. The van der Waals surface area contributed by atoms with E-state index in [-0.39, 0.29) is 17.3 Å². The molecule has 0 saturated heterocycles. The molecule has 1 aliphatic carbocycles. The highest BCUT2D eigenvalue weighted by Crippen LogP contribution is 2.32. The van der Waals surface area contributed by atoms with Gasteiger partial charge in [-0.2, -0.15) is 11.8 Å². The van der Waals surface area contributed by atoms with Gasteiger partial charge < -0.3 is 10.1 Å². The smallest absolute Gasteiger partial charge is 0.264 e. The third-order valence-electron chi connectivity index (χ3n) is 5.52. The van der Waals surface area contributed by atoms with Crippen molar-refractivity contribution in [3.63, 3.8) is 0 Å². The molecular formula is C24H32N2O4S2. The van der Waals surface area contributed by atoms with E-state index >= 15 is 0 Å². The normalized spacial score (nSPS) is 14.7. The van der Waals surface area contributed by atoms with Gasteiger partial charge in [-0.05, 0) is 49.3 Å². The predicted octanol–water partition coefficient (Wildman–Crippen LogP) is 4.46. The van der Waals surface area contributed by atoms with Crippen molar-refractivity contribution in [3.8, 4) is 5.75 Å². The number of amides is 1. The second-order valence-corrected chi connectivity index (χ2v) is 11.1. The Morgan fingerprint density at radius 2 is 1.75 bits per heavy atom. The number of methoxy groups -OCH3 is 1. The Labute approximate surface area is 195 Å². The van der Waals surface area contributed by atoms with E-state index in [4.69, 9.17) is 4.74 Å². The van der Waals surface area contributed by atoms with Gasteiger partial charge in [0.1, 0.15) is 12.3 Å². The highest BCUT2D eigenvalue weighted by Gasteiger charge is 2.29. The van der Waals surface area contributed by atoms with E-state index in [1.54, 1.807) is 42.5 Å². The van der Waals surface area contributed by atoms with Crippen LogP contribution in [0.25, 0.3) is 0 Å². The first-order valence-corrected chi connectivity index (χ1v) is 13.6. The molecular weight excluding hydrogens is 444 g/mol. The van der Waals surface area contributed by atoms with E-state index in [0.29, 0.717) is 18.0 Å². The van der Waals surface area contributed by atoms with E-state index < -0.39 is 10.0 Å². The summed E-state index contributed by atoms with van der Waals surface area (Å²) in [6.07, 6.45) is 7.45. The molecule has 8 heteroatoms. The molecule has 1 aliphatic rings. The lowest BCUT2D eigenvalue weighted by Crippen LogP contribution is -2.41. The Hall–Kier alpha value is -2.19. The topological polar surface area (TPSA) is 75.7 Å². The summed E-state index contributed by atoms with van der Waals surface area (Å²) in [5, 5.41) is 3.63. The third-order valence-corrected chi connectivity index (χ3v) is 8.76. The van der Waals surface area contributed by atoms with Gasteiger partial charge in [0.15, 0.2) is 0 Å². The number of rotatable bonds is 11. The lowest BCUT2D eigenvalue weighted by molar-refractivity contribution is -0.119. The number of thioether (sulfide) groups is 1. The van der Waals surface area contributed by atoms with E-state index in [2.05, 4.69) is 5.32 Å². The van der Waals surface area contributed by atoms with Crippen LogP contribution in [0.5, 0.6) is 5.75 Å². The number of anilines is 1. The zero-order valence-electron chi connectivity index (χ0n) is 18.5. The minimum absolute atomic E-state index is 0.127. The minimum atomic E-state index is -3.94. The first-order valence-electron chi connectivity index (χ1n) is 11.1. The summed E-state index contributed by atoms with van der Waals surface area (Å²) in [7, 11) is -2.46. The Balaban J connectivity index is 1.64. The molecule has 0 aliphatic heterocycles. The molecule has 0 spiro atoms. The first kappa shape index (κ1) is 24.5. The SMILES string of the molecule is COc1ccccc1N(CC(=O)NCCCSC1CCCCC1)S(=O)(=O)c1ccccc1. The lowest BCUT2D eigenvalue weighted by Gasteiger charge is -2.25. The molecule has 0 aromatic heterocycles. The molecule has 2 aromatic carbocycles. The van der Waals surface area contributed by atoms with Crippen molar-refractivity contribution in [2.75, 3.05) is 30.3 Å². The Morgan fingerprint density at radius 3 is 2.47 bits per heavy atom. The van der Waals surface area contributed by atoms with Crippen LogP contribution >= 0.6 is 11.8 Å². The van der Waals surface area contributed by atoms with Crippen LogP contribution in [0.1, 0.15) is 38.5 Å². The van der Waals surface area contributed by atoms with Crippen molar-refractivity contribution < 1.29 is 17.9 Å². The zero-order chi connectivity index (χ0) is 22.8. The van der Waals surface area contributed by atoms with Crippen molar-refractivity contribution in [1.82, 2.24) is 5.32 Å². The monoisotopic (exact) mass is 476 g/mol. The number of hydrogen-bond donors (Lipinski definition) is 1. The van der Waals surface area contributed by atoms with Crippen LogP contribution in [-0.4, -0.2) is 45.5 Å². The maximum absolute atomic E-state index is 13.4. The highest BCUT2D eigenvalue weighted by molar-refractivity contribution is 7.99. The molecule has 1 saturated carbocycles. The fourth-order valence-corrected chi connectivity index (χ4v) is 6.59. The van der Waals surface area contributed by atoms with Crippen LogP contribution in [0.4, 0.5) is 5.69 Å². The van der Waals surface area contributed by atoms with Gasteiger partial charge in [-0.1, -0.05) is 49.6 Å². The summed E-state index contributed by atoms with van der Waals surface area (Å²) < 4.78 is 33.2. The standard InChI is InChI=1S/C24H32N2O4S2/c1-30-23-16-9-8-15-22(23)26(32(28,29)21-13-6-3-7-14-21)19-24(27)25-17-10-18-31-20-11-4-2-5-12-20/h3,6-9,13-16,20H,2,4-5,10-12,17-19H2,1H3,(H,25,27). The number of nitrogens with zero attached hydrogens (tertiary/aromatic N) is 1. The highest BCUT2D eigenvalue weighted by atomic mass is 32.2. The average Bonchev–Trinajstić information content (AvgIpc) is 2.83. The van der Waals surface area contributed by atoms with Gasteiger partial charge in [-0.25, -0.2) is 8.42 Å². The van der Waals surface area contributed by atoms with E-state index in [9.17, 15) is 13.2 Å². The molecule has 1 fully saturated rings. The predicted molar refractivity (Wildman–Crippen MR) is 131 cm³/mol. The molecule has 1 N–H and O–H groups in total. The second kappa shape index (κ2) is 12.2. The van der Waals surface area contributed by atoms with Crippen molar-refractivity contribution >= 4 is 33.4 Å². The molecule has 0 radical (unpaired) electrons. The summed E-state index contributed by atoms with van der Waals surface area (Å²) in [5.74, 6) is 1.06. The molecule has 1 amide bonds. The van der Waals surface area contributed by atoms with Crippen molar-refractivity contribution in [2.24, 2.45) is 0 Å². The molecule has 0 heterocycles. The molecule has 0 unspecified atom stereocenters. The maximum atomic E-state index is 13.4. The maximum Gasteiger partial charge on any atom is 0.264 e. The Kier molecular flexibility index (Phi) is 9.29. The fraction of sp³-hybridized carbons (Fsp3) is 0.458. The molecule has 174 valence electrons. The van der Waals surface area contributed by atoms with Crippen LogP contribution in [0.15, 0.2) is 59.5 Å². The molecule has 0 atom stereocenters.